The third kappa shape index (κ3) is 3.89. The van der Waals surface area contributed by atoms with E-state index < -0.39 is 0 Å². The zero-order valence-electron chi connectivity index (χ0n) is 6.48. The monoisotopic (exact) mass is 139 g/mol. The molecule has 0 saturated heterocycles. The van der Waals surface area contributed by atoms with Crippen molar-refractivity contribution in [3.8, 4) is 0 Å². The molecule has 0 saturated carbocycles. The van der Waals surface area contributed by atoms with Crippen molar-refractivity contribution < 1.29 is 4.74 Å². The van der Waals surface area contributed by atoms with Crippen LogP contribution in [0.4, 0.5) is 0 Å². The minimum atomic E-state index is 0.582. The summed E-state index contributed by atoms with van der Waals surface area (Å²) in [6.07, 6.45) is 4.12. The fraction of sp³-hybridized carbons (Fsp3) is 0.375. The van der Waals surface area contributed by atoms with Gasteiger partial charge in [0.05, 0.1) is 7.11 Å². The Balaban J connectivity index is 3.75. The van der Waals surface area contributed by atoms with Crippen molar-refractivity contribution in [2.24, 2.45) is 0 Å². The molecule has 0 aromatic rings. The van der Waals surface area contributed by atoms with Gasteiger partial charge in [-0.3, -0.25) is 0 Å². The normalized spacial score (nSPS) is 9.80. The molecular formula is C8H13NO. The molecule has 0 aromatic carbocycles. The van der Waals surface area contributed by atoms with E-state index in [2.05, 4.69) is 6.58 Å². The average Bonchev–Trinajstić information content (AvgIpc) is 1.99. The van der Waals surface area contributed by atoms with E-state index in [1.165, 1.54) is 0 Å². The Morgan fingerprint density at radius 1 is 1.60 bits per heavy atom. The second-order valence-corrected chi connectivity index (χ2v) is 1.88. The molecule has 0 atom stereocenters. The van der Waals surface area contributed by atoms with Crippen LogP contribution in [0.1, 0.15) is 13.3 Å². The largest absolute Gasteiger partial charge is 0.497 e. The van der Waals surface area contributed by atoms with Crippen LogP contribution in [-0.4, -0.2) is 12.8 Å². The van der Waals surface area contributed by atoms with Gasteiger partial charge in [0.25, 0.3) is 0 Å². The molecule has 0 aromatic heterocycles. The third-order valence-corrected chi connectivity index (χ3v) is 1.11. The van der Waals surface area contributed by atoms with Crippen molar-refractivity contribution in [2.75, 3.05) is 7.11 Å². The molecule has 0 aliphatic carbocycles. The number of methoxy groups -OCH3 is 1. The zero-order chi connectivity index (χ0) is 7.98. The first kappa shape index (κ1) is 8.95. The third-order valence-electron chi connectivity index (χ3n) is 1.11. The quantitative estimate of drug-likeness (QED) is 0.361. The molecule has 10 heavy (non-hydrogen) atoms. The van der Waals surface area contributed by atoms with E-state index in [0.717, 1.165) is 6.42 Å². The molecule has 0 heterocycles. The van der Waals surface area contributed by atoms with Crippen LogP contribution >= 0.6 is 0 Å². The first-order valence-corrected chi connectivity index (χ1v) is 3.19. The van der Waals surface area contributed by atoms with E-state index in [9.17, 15) is 0 Å². The minimum Gasteiger partial charge on any atom is -0.497 e. The molecule has 2 nitrogen and oxygen atoms in total. The lowest BCUT2D eigenvalue weighted by Crippen LogP contribution is -1.86. The van der Waals surface area contributed by atoms with Gasteiger partial charge in [0.15, 0.2) is 0 Å². The summed E-state index contributed by atoms with van der Waals surface area (Å²) in [4.78, 5) is 0. The highest BCUT2D eigenvalue weighted by molar-refractivity contribution is 5.92. The maximum Gasteiger partial charge on any atom is 0.111 e. The minimum absolute atomic E-state index is 0.582. The highest BCUT2D eigenvalue weighted by Gasteiger charge is 1.85. The van der Waals surface area contributed by atoms with Gasteiger partial charge in [0, 0.05) is 5.71 Å². The van der Waals surface area contributed by atoms with Gasteiger partial charge in [-0.15, -0.1) is 0 Å². The predicted molar refractivity (Wildman–Crippen MR) is 43.3 cm³/mol. The molecule has 1 N–H and O–H groups in total. The van der Waals surface area contributed by atoms with Crippen molar-refractivity contribution in [3.63, 3.8) is 0 Å². The Labute approximate surface area is 61.7 Å². The molecular weight excluding hydrogens is 126 g/mol. The van der Waals surface area contributed by atoms with Gasteiger partial charge >= 0.3 is 0 Å². The molecule has 0 rings (SSSR count). The van der Waals surface area contributed by atoms with Crippen molar-refractivity contribution in [3.05, 3.63) is 24.5 Å². The lowest BCUT2D eigenvalue weighted by molar-refractivity contribution is 0.309. The summed E-state index contributed by atoms with van der Waals surface area (Å²) in [6.45, 7) is 5.51. The van der Waals surface area contributed by atoms with Crippen LogP contribution in [0.25, 0.3) is 0 Å². The van der Waals surface area contributed by atoms with Crippen molar-refractivity contribution in [1.82, 2.24) is 0 Å². The first-order valence-electron chi connectivity index (χ1n) is 3.19. The van der Waals surface area contributed by atoms with Crippen LogP contribution in [0.15, 0.2) is 24.5 Å². The molecule has 0 fully saturated rings. The Kier molecular flexibility index (Phi) is 4.29. The van der Waals surface area contributed by atoms with Crippen LogP contribution in [0.5, 0.6) is 0 Å². The Morgan fingerprint density at radius 2 is 2.20 bits per heavy atom. The van der Waals surface area contributed by atoms with Gasteiger partial charge < -0.3 is 10.1 Å². The maximum atomic E-state index is 7.22. The number of rotatable bonds is 4. The molecule has 0 bridgehead atoms. The van der Waals surface area contributed by atoms with Gasteiger partial charge in [-0.2, -0.15) is 0 Å². The highest BCUT2D eigenvalue weighted by atomic mass is 16.5. The van der Waals surface area contributed by atoms with E-state index in [0.29, 0.717) is 11.5 Å². The fourth-order valence-electron chi connectivity index (χ4n) is 0.379. The Hall–Kier alpha value is -1.05. The number of hydrogen-bond donors (Lipinski definition) is 1. The summed E-state index contributed by atoms with van der Waals surface area (Å²) >= 11 is 0. The number of nitrogens with one attached hydrogen (secondary N) is 1. The standard InChI is InChI=1S/C8H13NO/c1-4-8(9)6-5-7(2)10-3/h5-6,9H,2,4H2,1,3H3/b6-5-,9-8?. The number of ether oxygens (including phenoxy) is 1. The van der Waals surface area contributed by atoms with E-state index in [4.69, 9.17) is 10.1 Å². The summed E-state index contributed by atoms with van der Waals surface area (Å²) in [7, 11) is 1.56. The van der Waals surface area contributed by atoms with Gasteiger partial charge in [0.1, 0.15) is 5.76 Å². The number of hydrogen-bond acceptors (Lipinski definition) is 2. The van der Waals surface area contributed by atoms with Gasteiger partial charge in [-0.25, -0.2) is 0 Å². The topological polar surface area (TPSA) is 33.1 Å². The zero-order valence-corrected chi connectivity index (χ0v) is 6.48. The lowest BCUT2D eigenvalue weighted by Gasteiger charge is -1.94. The summed E-state index contributed by atoms with van der Waals surface area (Å²) < 4.78 is 4.77. The summed E-state index contributed by atoms with van der Waals surface area (Å²) in [5.41, 5.74) is 0.582. The maximum absolute atomic E-state index is 7.22. The van der Waals surface area contributed by atoms with Crippen molar-refractivity contribution >= 4 is 5.71 Å². The number of allylic oxidation sites excluding steroid dienone is 2. The van der Waals surface area contributed by atoms with Crippen LogP contribution in [0.3, 0.4) is 0 Å². The highest BCUT2D eigenvalue weighted by Crippen LogP contribution is 1.93. The fourth-order valence-corrected chi connectivity index (χ4v) is 0.379. The second-order valence-electron chi connectivity index (χ2n) is 1.88. The smallest absolute Gasteiger partial charge is 0.111 e. The van der Waals surface area contributed by atoms with Gasteiger partial charge in [-0.05, 0) is 18.6 Å². The predicted octanol–water partition coefficient (Wildman–Crippen LogP) is 2.13. The van der Waals surface area contributed by atoms with Crippen LogP contribution in [0, 0.1) is 5.41 Å². The molecule has 0 spiro atoms. The van der Waals surface area contributed by atoms with E-state index in [1.807, 2.05) is 6.92 Å². The van der Waals surface area contributed by atoms with Crippen molar-refractivity contribution in [1.29, 1.82) is 5.41 Å². The molecule has 0 amide bonds. The summed E-state index contributed by atoms with van der Waals surface area (Å²) in [5.74, 6) is 0.582. The van der Waals surface area contributed by atoms with Crippen molar-refractivity contribution in [2.45, 2.75) is 13.3 Å². The van der Waals surface area contributed by atoms with E-state index >= 15 is 0 Å². The average molecular weight is 139 g/mol. The van der Waals surface area contributed by atoms with E-state index in [-0.39, 0.29) is 0 Å². The van der Waals surface area contributed by atoms with E-state index in [1.54, 1.807) is 19.3 Å². The summed E-state index contributed by atoms with van der Waals surface area (Å²) in [6, 6.07) is 0. The molecule has 0 unspecified atom stereocenters. The SMILES string of the molecule is C=C(/C=C\C(=N)CC)OC. The molecule has 0 aliphatic heterocycles. The molecule has 0 aliphatic rings. The lowest BCUT2D eigenvalue weighted by atomic mass is 10.2. The Morgan fingerprint density at radius 3 is 2.60 bits per heavy atom. The molecule has 2 heteroatoms. The first-order chi connectivity index (χ1) is 4.70. The molecule has 0 radical (unpaired) electrons. The van der Waals surface area contributed by atoms with Crippen LogP contribution < -0.4 is 0 Å². The van der Waals surface area contributed by atoms with Crippen LogP contribution in [-0.2, 0) is 4.74 Å². The van der Waals surface area contributed by atoms with Crippen LogP contribution in [0.2, 0.25) is 0 Å². The summed E-state index contributed by atoms with van der Waals surface area (Å²) in [5, 5.41) is 7.22. The Bertz CT molecular complexity index is 141. The molecule has 56 valence electrons. The second kappa shape index (κ2) is 4.79. The van der Waals surface area contributed by atoms with Gasteiger partial charge in [-0.1, -0.05) is 13.5 Å². The van der Waals surface area contributed by atoms with Gasteiger partial charge in [0.2, 0.25) is 0 Å².